The molecular formula is C16H20ClFN2O5. The predicted octanol–water partition coefficient (Wildman–Crippen LogP) is 1.10. The van der Waals surface area contributed by atoms with Crippen molar-refractivity contribution >= 4 is 23.5 Å². The summed E-state index contributed by atoms with van der Waals surface area (Å²) in [6, 6.07) is 3.69. The molecule has 1 aliphatic rings. The van der Waals surface area contributed by atoms with Crippen molar-refractivity contribution < 1.29 is 28.6 Å². The standard InChI is InChI=1S/C16H20ClFN2O5/c1-19(9-16(22)23)7-12-8-20(4-5-24-12)15(21)10-25-14-3-2-11(18)6-13(14)17/h2-3,6,12H,4-5,7-10H2,1H3,(H,22,23)/t12-/m1/s1. The molecule has 138 valence electrons. The van der Waals surface area contributed by atoms with Gasteiger partial charge in [0.05, 0.1) is 24.3 Å². The summed E-state index contributed by atoms with van der Waals surface area (Å²) in [5, 5.41) is 8.87. The number of amides is 1. The average Bonchev–Trinajstić information content (AvgIpc) is 2.53. The van der Waals surface area contributed by atoms with Crippen LogP contribution in [0.15, 0.2) is 18.2 Å². The Bertz CT molecular complexity index is 631. The van der Waals surface area contributed by atoms with Crippen LogP contribution in [-0.2, 0) is 14.3 Å². The van der Waals surface area contributed by atoms with Gasteiger partial charge in [0.15, 0.2) is 6.61 Å². The molecule has 25 heavy (non-hydrogen) atoms. The highest BCUT2D eigenvalue weighted by molar-refractivity contribution is 6.32. The molecule has 0 unspecified atom stereocenters. The van der Waals surface area contributed by atoms with Crippen LogP contribution in [0, 0.1) is 5.82 Å². The molecule has 0 aliphatic carbocycles. The lowest BCUT2D eigenvalue weighted by Gasteiger charge is -2.34. The van der Waals surface area contributed by atoms with Gasteiger partial charge in [-0.3, -0.25) is 14.5 Å². The Balaban J connectivity index is 1.83. The van der Waals surface area contributed by atoms with E-state index in [9.17, 15) is 14.0 Å². The van der Waals surface area contributed by atoms with Crippen LogP contribution in [0.5, 0.6) is 5.75 Å². The lowest BCUT2D eigenvalue weighted by atomic mass is 10.2. The third-order valence-corrected chi connectivity index (χ3v) is 3.95. The molecule has 1 heterocycles. The van der Waals surface area contributed by atoms with Crippen LogP contribution in [0.1, 0.15) is 0 Å². The molecule has 1 aromatic carbocycles. The lowest BCUT2D eigenvalue weighted by Crippen LogP contribution is -2.50. The van der Waals surface area contributed by atoms with Crippen molar-refractivity contribution in [1.82, 2.24) is 9.80 Å². The fraction of sp³-hybridized carbons (Fsp3) is 0.500. The van der Waals surface area contributed by atoms with E-state index < -0.39 is 11.8 Å². The number of rotatable bonds is 7. The van der Waals surface area contributed by atoms with E-state index in [1.165, 1.54) is 12.1 Å². The first kappa shape index (κ1) is 19.4. The molecule has 0 aromatic heterocycles. The normalized spacial score (nSPS) is 17.6. The summed E-state index contributed by atoms with van der Waals surface area (Å²) in [5.41, 5.74) is 0. The van der Waals surface area contributed by atoms with Crippen molar-refractivity contribution in [2.24, 2.45) is 0 Å². The number of halogens is 2. The van der Waals surface area contributed by atoms with E-state index in [2.05, 4.69) is 0 Å². The number of aliphatic carboxylic acids is 1. The highest BCUT2D eigenvalue weighted by Crippen LogP contribution is 2.24. The highest BCUT2D eigenvalue weighted by Gasteiger charge is 2.26. The number of carbonyl (C=O) groups is 2. The van der Waals surface area contributed by atoms with Gasteiger partial charge in [0.1, 0.15) is 11.6 Å². The zero-order valence-electron chi connectivity index (χ0n) is 13.8. The molecule has 1 amide bonds. The first-order valence-corrected chi connectivity index (χ1v) is 8.10. The summed E-state index contributed by atoms with van der Waals surface area (Å²) in [4.78, 5) is 26.2. The lowest BCUT2D eigenvalue weighted by molar-refractivity contribution is -0.143. The van der Waals surface area contributed by atoms with E-state index in [4.69, 9.17) is 26.2 Å². The number of carboxylic acid groups (broad SMARTS) is 1. The number of morpholine rings is 1. The molecule has 9 heteroatoms. The molecule has 2 rings (SSSR count). The Morgan fingerprint density at radius 2 is 2.28 bits per heavy atom. The maximum atomic E-state index is 13.0. The molecule has 0 bridgehead atoms. The van der Waals surface area contributed by atoms with Gasteiger partial charge in [-0.05, 0) is 25.2 Å². The summed E-state index contributed by atoms with van der Waals surface area (Å²) in [7, 11) is 1.68. The van der Waals surface area contributed by atoms with Gasteiger partial charge in [-0.15, -0.1) is 0 Å². The molecule has 1 aromatic rings. The number of carboxylic acids is 1. The van der Waals surface area contributed by atoms with Crippen LogP contribution in [0.2, 0.25) is 5.02 Å². The van der Waals surface area contributed by atoms with Gasteiger partial charge >= 0.3 is 5.97 Å². The number of hydrogen-bond donors (Lipinski definition) is 1. The van der Waals surface area contributed by atoms with Crippen molar-refractivity contribution in [2.45, 2.75) is 6.10 Å². The molecule has 0 spiro atoms. The van der Waals surface area contributed by atoms with Crippen molar-refractivity contribution in [2.75, 3.05) is 46.4 Å². The first-order valence-electron chi connectivity index (χ1n) is 7.72. The van der Waals surface area contributed by atoms with Crippen LogP contribution < -0.4 is 4.74 Å². The van der Waals surface area contributed by atoms with Crippen molar-refractivity contribution in [3.63, 3.8) is 0 Å². The number of benzene rings is 1. The minimum atomic E-state index is -0.921. The van der Waals surface area contributed by atoms with Crippen LogP contribution >= 0.6 is 11.6 Å². The highest BCUT2D eigenvalue weighted by atomic mass is 35.5. The van der Waals surface area contributed by atoms with Gasteiger partial charge in [0, 0.05) is 19.6 Å². The van der Waals surface area contributed by atoms with Crippen LogP contribution in [-0.4, -0.2) is 79.3 Å². The van der Waals surface area contributed by atoms with Crippen LogP contribution in [0.25, 0.3) is 0 Å². The first-order chi connectivity index (χ1) is 11.8. The average molecular weight is 375 g/mol. The number of carbonyl (C=O) groups excluding carboxylic acids is 1. The van der Waals surface area contributed by atoms with Gasteiger partial charge in [0.25, 0.3) is 5.91 Å². The largest absolute Gasteiger partial charge is 0.482 e. The Morgan fingerprint density at radius 1 is 1.52 bits per heavy atom. The molecule has 0 radical (unpaired) electrons. The Hall–Kier alpha value is -1.90. The summed E-state index contributed by atoms with van der Waals surface area (Å²) in [6.07, 6.45) is -0.267. The number of hydrogen-bond acceptors (Lipinski definition) is 5. The van der Waals surface area contributed by atoms with Gasteiger partial charge in [-0.1, -0.05) is 11.6 Å². The fourth-order valence-corrected chi connectivity index (χ4v) is 2.74. The SMILES string of the molecule is CN(CC(=O)O)C[C@@H]1CN(C(=O)COc2ccc(F)cc2Cl)CCO1. The maximum absolute atomic E-state index is 13.0. The zero-order valence-corrected chi connectivity index (χ0v) is 14.5. The summed E-state index contributed by atoms with van der Waals surface area (Å²) in [5.74, 6) is -1.40. The topological polar surface area (TPSA) is 79.3 Å². The number of nitrogens with zero attached hydrogens (tertiary/aromatic N) is 2. The fourth-order valence-electron chi connectivity index (χ4n) is 2.52. The minimum absolute atomic E-state index is 0.0972. The van der Waals surface area contributed by atoms with Crippen molar-refractivity contribution in [3.8, 4) is 5.75 Å². The second kappa shape index (κ2) is 8.98. The van der Waals surface area contributed by atoms with Gasteiger partial charge in [-0.25, -0.2) is 4.39 Å². The predicted molar refractivity (Wildman–Crippen MR) is 88.4 cm³/mol. The molecule has 1 aliphatic heterocycles. The Morgan fingerprint density at radius 3 is 2.96 bits per heavy atom. The quantitative estimate of drug-likeness (QED) is 0.770. The molecule has 1 N–H and O–H groups in total. The van der Waals surface area contributed by atoms with Crippen LogP contribution in [0.3, 0.4) is 0 Å². The zero-order chi connectivity index (χ0) is 18.4. The van der Waals surface area contributed by atoms with Gasteiger partial charge in [-0.2, -0.15) is 0 Å². The molecule has 7 nitrogen and oxygen atoms in total. The molecule has 1 atom stereocenters. The van der Waals surface area contributed by atoms with Crippen molar-refractivity contribution in [3.05, 3.63) is 29.0 Å². The molecule has 1 saturated heterocycles. The Labute approximate surface area is 149 Å². The second-order valence-corrected chi connectivity index (χ2v) is 6.19. The molecular weight excluding hydrogens is 355 g/mol. The van der Waals surface area contributed by atoms with Gasteiger partial charge < -0.3 is 19.5 Å². The maximum Gasteiger partial charge on any atom is 0.317 e. The van der Waals surface area contributed by atoms with E-state index in [0.717, 1.165) is 6.07 Å². The van der Waals surface area contributed by atoms with Gasteiger partial charge in [0.2, 0.25) is 0 Å². The summed E-state index contributed by atoms with van der Waals surface area (Å²) in [6.45, 7) is 1.24. The van der Waals surface area contributed by atoms with E-state index in [-0.39, 0.29) is 35.9 Å². The third-order valence-electron chi connectivity index (χ3n) is 3.66. The second-order valence-electron chi connectivity index (χ2n) is 5.79. The van der Waals surface area contributed by atoms with E-state index in [1.807, 2.05) is 0 Å². The molecule has 0 saturated carbocycles. The molecule has 1 fully saturated rings. The smallest absolute Gasteiger partial charge is 0.317 e. The van der Waals surface area contributed by atoms with E-state index in [1.54, 1.807) is 16.8 Å². The minimum Gasteiger partial charge on any atom is -0.482 e. The van der Waals surface area contributed by atoms with Crippen LogP contribution in [0.4, 0.5) is 4.39 Å². The third kappa shape index (κ3) is 6.15. The number of likely N-dealkylation sites (N-methyl/N-ethyl adjacent to an activating group) is 1. The Kier molecular flexibility index (Phi) is 6.98. The number of ether oxygens (including phenoxy) is 2. The van der Waals surface area contributed by atoms with E-state index >= 15 is 0 Å². The summed E-state index contributed by atoms with van der Waals surface area (Å²) < 4.78 is 23.9. The monoisotopic (exact) mass is 374 g/mol. The summed E-state index contributed by atoms with van der Waals surface area (Å²) >= 11 is 5.86. The van der Waals surface area contributed by atoms with E-state index in [0.29, 0.717) is 26.2 Å². The van der Waals surface area contributed by atoms with Crippen molar-refractivity contribution in [1.29, 1.82) is 0 Å².